The maximum atomic E-state index is 13.2. The summed E-state index contributed by atoms with van der Waals surface area (Å²) in [6.45, 7) is 1.91. The number of ether oxygens (including phenoxy) is 3. The minimum Gasteiger partial charge on any atom is -0.486 e. The number of non-ortho nitro benzene ring substituents is 1. The Morgan fingerprint density at radius 3 is 2.41 bits per heavy atom. The van der Waals surface area contributed by atoms with E-state index in [-0.39, 0.29) is 23.7 Å². The quantitative estimate of drug-likeness (QED) is 0.518. The Labute approximate surface area is 171 Å². The van der Waals surface area contributed by atoms with E-state index in [9.17, 15) is 18.5 Å². The molecule has 2 heterocycles. The fraction of sp³-hybridized carbons (Fsp3) is 0.333. The molecule has 2 aromatic carbocycles. The van der Waals surface area contributed by atoms with Crippen molar-refractivity contribution in [3.63, 3.8) is 0 Å². The highest BCUT2D eigenvalue weighted by Crippen LogP contribution is 2.40. The number of rotatable bonds is 5. The summed E-state index contributed by atoms with van der Waals surface area (Å²) in [4.78, 5) is 11.7. The maximum absolute atomic E-state index is 13.2. The van der Waals surface area contributed by atoms with Gasteiger partial charge in [-0.05, 0) is 24.3 Å². The molecule has 4 rings (SSSR count). The van der Waals surface area contributed by atoms with Gasteiger partial charge in [0, 0.05) is 35.0 Å². The van der Waals surface area contributed by atoms with Gasteiger partial charge < -0.3 is 14.2 Å². The van der Waals surface area contributed by atoms with Crippen LogP contribution in [-0.4, -0.2) is 57.2 Å². The molecule has 1 fully saturated rings. The predicted octanol–water partition coefficient (Wildman–Crippen LogP) is 2.54. The molecule has 9 nitrogen and oxygen atoms in total. The summed E-state index contributed by atoms with van der Waals surface area (Å²) in [7, 11) is -3.91. The highest BCUT2D eigenvalue weighted by atomic mass is 32.2. The van der Waals surface area contributed by atoms with E-state index in [1.807, 2.05) is 0 Å². The summed E-state index contributed by atoms with van der Waals surface area (Å²) in [6, 6.07) is 9.21. The van der Waals surface area contributed by atoms with Crippen LogP contribution in [0.3, 0.4) is 0 Å². The van der Waals surface area contributed by atoms with Crippen LogP contribution in [0.5, 0.6) is 11.5 Å². The Balaban J connectivity index is 1.72. The number of nitro groups is 1. The summed E-state index contributed by atoms with van der Waals surface area (Å²) < 4.78 is 44.0. The third kappa shape index (κ3) is 4.17. The summed E-state index contributed by atoms with van der Waals surface area (Å²) in [5.41, 5.74) is -0.275. The molecule has 0 spiro atoms. The van der Waals surface area contributed by atoms with E-state index in [1.54, 1.807) is 18.2 Å². The summed E-state index contributed by atoms with van der Waals surface area (Å²) in [5, 5.41) is 11.2. The van der Waals surface area contributed by atoms with Crippen LogP contribution < -0.4 is 9.47 Å². The van der Waals surface area contributed by atoms with Crippen molar-refractivity contribution in [2.24, 2.45) is 0 Å². The van der Waals surface area contributed by atoms with Crippen molar-refractivity contribution in [2.75, 3.05) is 39.5 Å². The Morgan fingerprint density at radius 1 is 0.966 bits per heavy atom. The van der Waals surface area contributed by atoms with Crippen LogP contribution in [0, 0.1) is 10.1 Å². The number of hydrogen-bond donors (Lipinski definition) is 0. The smallest absolute Gasteiger partial charge is 0.270 e. The van der Waals surface area contributed by atoms with Crippen molar-refractivity contribution in [3.8, 4) is 11.5 Å². The van der Waals surface area contributed by atoms with Gasteiger partial charge in [-0.25, -0.2) is 8.42 Å². The molecule has 0 radical (unpaired) electrons. The molecule has 154 valence electrons. The maximum Gasteiger partial charge on any atom is 0.270 e. The first-order chi connectivity index (χ1) is 13.9. The van der Waals surface area contributed by atoms with Gasteiger partial charge in [-0.1, -0.05) is 11.8 Å². The Kier molecular flexibility index (Phi) is 5.63. The molecule has 2 aliphatic rings. The van der Waals surface area contributed by atoms with Gasteiger partial charge in [0.15, 0.2) is 11.5 Å². The topological polar surface area (TPSA) is 108 Å². The summed E-state index contributed by atoms with van der Waals surface area (Å²) in [5.74, 6) is 1.21. The first-order valence-corrected chi connectivity index (χ1v) is 11.1. The number of nitrogens with zero attached hydrogens (tertiary/aromatic N) is 2. The largest absolute Gasteiger partial charge is 0.486 e. The molecule has 0 saturated carbocycles. The van der Waals surface area contributed by atoms with Crippen molar-refractivity contribution < 1.29 is 27.6 Å². The normalized spacial score (nSPS) is 17.1. The fourth-order valence-electron chi connectivity index (χ4n) is 3.04. The zero-order valence-electron chi connectivity index (χ0n) is 15.3. The van der Waals surface area contributed by atoms with Crippen LogP contribution >= 0.6 is 11.8 Å². The van der Waals surface area contributed by atoms with E-state index in [0.29, 0.717) is 42.8 Å². The molecular weight excluding hydrogens is 420 g/mol. The van der Waals surface area contributed by atoms with Gasteiger partial charge in [0.1, 0.15) is 18.1 Å². The van der Waals surface area contributed by atoms with Crippen LogP contribution in [0.25, 0.3) is 0 Å². The molecular formula is C18H18N2O7S2. The second-order valence-corrected chi connectivity index (χ2v) is 9.33. The lowest BCUT2D eigenvalue weighted by Crippen LogP contribution is -2.40. The SMILES string of the molecule is O=[N+]([O-])c1ccc(Sc2ccc3c(c2)OCCO3)c(S(=O)(=O)N2CCOCC2)c1. The Morgan fingerprint density at radius 2 is 1.69 bits per heavy atom. The van der Waals surface area contributed by atoms with Crippen molar-refractivity contribution in [1.29, 1.82) is 0 Å². The van der Waals surface area contributed by atoms with E-state index in [0.717, 1.165) is 11.0 Å². The summed E-state index contributed by atoms with van der Waals surface area (Å²) >= 11 is 1.20. The number of fused-ring (bicyclic) bond motifs is 1. The number of hydrogen-bond acceptors (Lipinski definition) is 8. The zero-order chi connectivity index (χ0) is 20.4. The second-order valence-electron chi connectivity index (χ2n) is 6.31. The van der Waals surface area contributed by atoms with Gasteiger partial charge in [0.05, 0.1) is 18.1 Å². The van der Waals surface area contributed by atoms with Crippen molar-refractivity contribution in [1.82, 2.24) is 4.31 Å². The Bertz CT molecular complexity index is 1040. The van der Waals surface area contributed by atoms with E-state index < -0.39 is 14.9 Å². The van der Waals surface area contributed by atoms with E-state index in [4.69, 9.17) is 14.2 Å². The standard InChI is InChI=1S/C18H18N2O7S2/c21-20(22)13-1-4-17(18(11-13)29(23,24)19-5-7-25-8-6-19)28-14-2-3-15-16(12-14)27-10-9-26-15/h1-4,11-12H,5-10H2. The number of benzene rings is 2. The van der Waals surface area contributed by atoms with Gasteiger partial charge in [0.2, 0.25) is 10.0 Å². The minimum absolute atomic E-state index is 0.0894. The molecule has 2 aromatic rings. The van der Waals surface area contributed by atoms with E-state index in [2.05, 4.69) is 0 Å². The lowest BCUT2D eigenvalue weighted by molar-refractivity contribution is -0.385. The van der Waals surface area contributed by atoms with Crippen LogP contribution in [0.2, 0.25) is 0 Å². The van der Waals surface area contributed by atoms with Crippen LogP contribution in [0.1, 0.15) is 0 Å². The fourth-order valence-corrected chi connectivity index (χ4v) is 5.83. The average molecular weight is 438 g/mol. The highest BCUT2D eigenvalue weighted by Gasteiger charge is 2.30. The minimum atomic E-state index is -3.91. The Hall–Kier alpha value is -2.34. The molecule has 2 aliphatic heterocycles. The number of sulfonamides is 1. The van der Waals surface area contributed by atoms with Gasteiger partial charge in [0.25, 0.3) is 5.69 Å². The van der Waals surface area contributed by atoms with Gasteiger partial charge in [-0.15, -0.1) is 0 Å². The second kappa shape index (κ2) is 8.19. The third-order valence-corrected chi connectivity index (χ3v) is 7.60. The molecule has 0 bridgehead atoms. The van der Waals surface area contributed by atoms with Crippen molar-refractivity contribution in [3.05, 3.63) is 46.5 Å². The van der Waals surface area contributed by atoms with E-state index in [1.165, 1.54) is 28.2 Å². The first kappa shape index (κ1) is 20.0. The molecule has 0 amide bonds. The van der Waals surface area contributed by atoms with Gasteiger partial charge in [-0.3, -0.25) is 10.1 Å². The van der Waals surface area contributed by atoms with Crippen molar-refractivity contribution >= 4 is 27.5 Å². The molecule has 29 heavy (non-hydrogen) atoms. The zero-order valence-corrected chi connectivity index (χ0v) is 16.9. The lowest BCUT2D eigenvalue weighted by Gasteiger charge is -2.26. The molecule has 0 unspecified atom stereocenters. The molecule has 0 atom stereocenters. The first-order valence-electron chi connectivity index (χ1n) is 8.89. The highest BCUT2D eigenvalue weighted by molar-refractivity contribution is 8.00. The van der Waals surface area contributed by atoms with Crippen LogP contribution in [-0.2, 0) is 14.8 Å². The van der Waals surface area contributed by atoms with Crippen molar-refractivity contribution in [2.45, 2.75) is 14.7 Å². The molecule has 1 saturated heterocycles. The lowest BCUT2D eigenvalue weighted by atomic mass is 10.3. The number of nitro benzene ring substituents is 1. The van der Waals surface area contributed by atoms with Crippen LogP contribution in [0.15, 0.2) is 51.1 Å². The third-order valence-electron chi connectivity index (χ3n) is 4.47. The summed E-state index contributed by atoms with van der Waals surface area (Å²) in [6.07, 6.45) is 0. The van der Waals surface area contributed by atoms with Crippen LogP contribution in [0.4, 0.5) is 5.69 Å². The number of morpholine rings is 1. The van der Waals surface area contributed by atoms with Gasteiger partial charge >= 0.3 is 0 Å². The molecule has 0 N–H and O–H groups in total. The molecule has 0 aliphatic carbocycles. The monoisotopic (exact) mass is 438 g/mol. The van der Waals surface area contributed by atoms with Gasteiger partial charge in [-0.2, -0.15) is 4.31 Å². The van der Waals surface area contributed by atoms with E-state index >= 15 is 0 Å². The molecule has 11 heteroatoms. The average Bonchev–Trinajstić information content (AvgIpc) is 2.74. The molecule has 0 aromatic heterocycles. The predicted molar refractivity (Wildman–Crippen MR) is 104 cm³/mol.